The van der Waals surface area contributed by atoms with Crippen LogP contribution in [0.4, 0.5) is 20.6 Å². The fourth-order valence-electron chi connectivity index (χ4n) is 1.20. The number of nitro benzene ring substituents is 1. The zero-order chi connectivity index (χ0) is 15.3. The molecule has 1 aromatic carbocycles. The number of urea groups is 1. The fourth-order valence-corrected chi connectivity index (χ4v) is 1.20. The van der Waals surface area contributed by atoms with Crippen LogP contribution in [0.2, 0.25) is 0 Å². The van der Waals surface area contributed by atoms with Crippen LogP contribution in [0.1, 0.15) is 0 Å². The molecule has 0 radical (unpaired) electrons. The van der Waals surface area contributed by atoms with E-state index in [2.05, 4.69) is 5.32 Å². The van der Waals surface area contributed by atoms with Crippen molar-refractivity contribution in [3.63, 3.8) is 0 Å². The van der Waals surface area contributed by atoms with E-state index in [1.54, 1.807) is 0 Å². The van der Waals surface area contributed by atoms with Crippen LogP contribution in [-0.2, 0) is 4.79 Å². The first-order valence-corrected chi connectivity index (χ1v) is 5.20. The Morgan fingerprint density at radius 1 is 1.40 bits per heavy atom. The lowest BCUT2D eigenvalue weighted by Gasteiger charge is -2.09. The van der Waals surface area contributed by atoms with Crippen LogP contribution in [0, 0.1) is 15.9 Å². The first kappa shape index (κ1) is 15.3. The van der Waals surface area contributed by atoms with Gasteiger partial charge in [-0.3, -0.25) is 10.1 Å². The van der Waals surface area contributed by atoms with Crippen LogP contribution in [0.3, 0.4) is 0 Å². The first-order valence-electron chi connectivity index (χ1n) is 5.20. The Morgan fingerprint density at radius 2 is 2.05 bits per heavy atom. The van der Waals surface area contributed by atoms with Crippen molar-refractivity contribution in [2.45, 2.75) is 6.10 Å². The molecule has 0 heterocycles. The van der Waals surface area contributed by atoms with Crippen LogP contribution < -0.4 is 10.6 Å². The van der Waals surface area contributed by atoms with Crippen LogP contribution in [0.15, 0.2) is 18.2 Å². The number of carbonyl (C=O) groups excluding carboxylic acids is 1. The standard InChI is InChI=1S/C10H10FN3O6/c11-5-1-6(3-7(2-5)14(19)20)13-10(18)12-4-8(15)9(16)17/h1-3,8,15H,4H2,(H,16,17)(H2,12,13,18). The summed E-state index contributed by atoms with van der Waals surface area (Å²) in [5.41, 5.74) is -0.732. The number of anilines is 1. The largest absolute Gasteiger partial charge is 0.479 e. The average molecular weight is 287 g/mol. The molecule has 0 saturated heterocycles. The van der Waals surface area contributed by atoms with Gasteiger partial charge in [0.05, 0.1) is 23.2 Å². The van der Waals surface area contributed by atoms with Gasteiger partial charge in [-0.05, 0) is 6.07 Å². The molecule has 1 aromatic rings. The van der Waals surface area contributed by atoms with E-state index in [4.69, 9.17) is 10.2 Å². The molecule has 10 heteroatoms. The molecular weight excluding hydrogens is 277 g/mol. The van der Waals surface area contributed by atoms with Crippen LogP contribution in [0.5, 0.6) is 0 Å². The number of benzene rings is 1. The van der Waals surface area contributed by atoms with Crippen molar-refractivity contribution in [3.05, 3.63) is 34.1 Å². The first-order chi connectivity index (χ1) is 9.29. The molecule has 0 aromatic heterocycles. The van der Waals surface area contributed by atoms with Crippen molar-refractivity contribution in [3.8, 4) is 0 Å². The Labute approximate surface area is 111 Å². The minimum absolute atomic E-state index is 0.181. The van der Waals surface area contributed by atoms with E-state index in [0.717, 1.165) is 12.1 Å². The van der Waals surface area contributed by atoms with E-state index < -0.39 is 41.1 Å². The molecule has 0 fully saturated rings. The van der Waals surface area contributed by atoms with Crippen LogP contribution in [0.25, 0.3) is 0 Å². The van der Waals surface area contributed by atoms with Gasteiger partial charge in [0, 0.05) is 6.07 Å². The van der Waals surface area contributed by atoms with Gasteiger partial charge in [-0.15, -0.1) is 0 Å². The number of rotatable bonds is 5. The summed E-state index contributed by atoms with van der Waals surface area (Å²) in [7, 11) is 0. The number of hydrogen-bond acceptors (Lipinski definition) is 5. The van der Waals surface area contributed by atoms with Crippen molar-refractivity contribution in [2.24, 2.45) is 0 Å². The summed E-state index contributed by atoms with van der Waals surface area (Å²) < 4.78 is 13.1. The highest BCUT2D eigenvalue weighted by atomic mass is 19.1. The molecule has 2 amide bonds. The van der Waals surface area contributed by atoms with Gasteiger partial charge in [-0.1, -0.05) is 0 Å². The molecule has 1 unspecified atom stereocenters. The second kappa shape index (κ2) is 6.43. The number of hydrogen-bond donors (Lipinski definition) is 4. The van der Waals surface area contributed by atoms with Gasteiger partial charge < -0.3 is 20.8 Å². The van der Waals surface area contributed by atoms with E-state index >= 15 is 0 Å². The highest BCUT2D eigenvalue weighted by Gasteiger charge is 2.15. The van der Waals surface area contributed by atoms with Gasteiger partial charge in [0.1, 0.15) is 5.82 Å². The Bertz CT molecular complexity index is 550. The Kier molecular flexibility index (Phi) is 4.92. The molecule has 20 heavy (non-hydrogen) atoms. The van der Waals surface area contributed by atoms with Crippen molar-refractivity contribution in [1.29, 1.82) is 0 Å². The summed E-state index contributed by atoms with van der Waals surface area (Å²) in [5.74, 6) is -2.44. The van der Waals surface area contributed by atoms with Gasteiger partial charge >= 0.3 is 12.0 Å². The lowest BCUT2D eigenvalue weighted by Crippen LogP contribution is -2.38. The molecule has 0 aliphatic heterocycles. The predicted octanol–water partition coefficient (Wildman–Crippen LogP) is 0.301. The minimum atomic E-state index is -1.79. The molecule has 0 aliphatic carbocycles. The number of aliphatic hydroxyl groups is 1. The Morgan fingerprint density at radius 3 is 2.60 bits per heavy atom. The molecule has 1 rings (SSSR count). The SMILES string of the molecule is O=C(NCC(O)C(=O)O)Nc1cc(F)cc([N+](=O)[O-])c1. The smallest absolute Gasteiger partial charge is 0.334 e. The quantitative estimate of drug-likeness (QED) is 0.453. The normalized spacial score (nSPS) is 11.5. The highest BCUT2D eigenvalue weighted by Crippen LogP contribution is 2.19. The molecular formula is C10H10FN3O6. The van der Waals surface area contributed by atoms with E-state index in [-0.39, 0.29) is 5.69 Å². The van der Waals surface area contributed by atoms with Gasteiger partial charge in [-0.2, -0.15) is 0 Å². The van der Waals surface area contributed by atoms with Crippen molar-refractivity contribution in [1.82, 2.24) is 5.32 Å². The minimum Gasteiger partial charge on any atom is -0.479 e. The van der Waals surface area contributed by atoms with Crippen molar-refractivity contribution in [2.75, 3.05) is 11.9 Å². The maximum absolute atomic E-state index is 13.1. The molecule has 0 spiro atoms. The number of non-ortho nitro benzene ring substituents is 1. The summed E-state index contributed by atoms with van der Waals surface area (Å²) in [6.07, 6.45) is -1.79. The molecule has 108 valence electrons. The topological polar surface area (TPSA) is 142 Å². The third-order valence-electron chi connectivity index (χ3n) is 2.09. The van der Waals surface area contributed by atoms with Gasteiger partial charge in [-0.25, -0.2) is 14.0 Å². The van der Waals surface area contributed by atoms with Crippen molar-refractivity contribution < 1.29 is 29.1 Å². The number of amides is 2. The predicted molar refractivity (Wildman–Crippen MR) is 63.7 cm³/mol. The monoisotopic (exact) mass is 287 g/mol. The zero-order valence-corrected chi connectivity index (χ0v) is 9.87. The van der Waals surface area contributed by atoms with E-state index in [0.29, 0.717) is 6.07 Å². The number of carboxylic acids is 1. The maximum atomic E-state index is 13.1. The summed E-state index contributed by atoms with van der Waals surface area (Å²) in [5, 5.41) is 31.9. The number of carboxylic acid groups (broad SMARTS) is 1. The van der Waals surface area contributed by atoms with Gasteiger partial charge in [0.15, 0.2) is 6.10 Å². The Hall–Kier alpha value is -2.75. The second-order valence-electron chi connectivity index (χ2n) is 3.64. The van der Waals surface area contributed by atoms with Crippen LogP contribution in [-0.4, -0.2) is 39.8 Å². The molecule has 9 nitrogen and oxygen atoms in total. The fraction of sp³-hybridized carbons (Fsp3) is 0.200. The number of nitrogens with zero attached hydrogens (tertiary/aromatic N) is 1. The Balaban J connectivity index is 2.66. The molecule has 0 bridgehead atoms. The number of nitro groups is 1. The van der Waals surface area contributed by atoms with E-state index in [1.807, 2.05) is 5.32 Å². The maximum Gasteiger partial charge on any atom is 0.334 e. The second-order valence-corrected chi connectivity index (χ2v) is 3.64. The number of nitrogens with one attached hydrogen (secondary N) is 2. The molecule has 0 aliphatic rings. The summed E-state index contributed by atoms with van der Waals surface area (Å²) in [6, 6.07) is 1.51. The molecule has 4 N–H and O–H groups in total. The number of aliphatic carboxylic acids is 1. The average Bonchev–Trinajstić information content (AvgIpc) is 2.34. The van der Waals surface area contributed by atoms with Gasteiger partial charge in [0.2, 0.25) is 0 Å². The van der Waals surface area contributed by atoms with Crippen LogP contribution >= 0.6 is 0 Å². The molecule has 0 saturated carbocycles. The highest BCUT2D eigenvalue weighted by molar-refractivity contribution is 5.90. The third kappa shape index (κ3) is 4.49. The number of halogens is 1. The zero-order valence-electron chi connectivity index (χ0n) is 9.87. The summed E-state index contributed by atoms with van der Waals surface area (Å²) >= 11 is 0. The number of carbonyl (C=O) groups is 2. The van der Waals surface area contributed by atoms with E-state index in [9.17, 15) is 24.1 Å². The number of aliphatic hydroxyl groups excluding tert-OH is 1. The van der Waals surface area contributed by atoms with Crippen molar-refractivity contribution >= 4 is 23.4 Å². The summed E-state index contributed by atoms with van der Waals surface area (Å²) in [6.45, 7) is -0.571. The third-order valence-corrected chi connectivity index (χ3v) is 2.09. The lowest BCUT2D eigenvalue weighted by molar-refractivity contribution is -0.385. The molecule has 1 atom stereocenters. The lowest BCUT2D eigenvalue weighted by atomic mass is 10.2. The van der Waals surface area contributed by atoms with E-state index in [1.165, 1.54) is 0 Å². The summed E-state index contributed by atoms with van der Waals surface area (Å²) in [4.78, 5) is 31.3. The van der Waals surface area contributed by atoms with Gasteiger partial charge in [0.25, 0.3) is 5.69 Å².